The summed E-state index contributed by atoms with van der Waals surface area (Å²) in [5.74, 6) is -0.0873. The van der Waals surface area contributed by atoms with E-state index in [0.29, 0.717) is 18.7 Å². The van der Waals surface area contributed by atoms with Gasteiger partial charge in [-0.15, -0.1) is 0 Å². The van der Waals surface area contributed by atoms with Gasteiger partial charge < -0.3 is 10.0 Å². The molecular weight excluding hydrogens is 206 g/mol. The van der Waals surface area contributed by atoms with E-state index in [-0.39, 0.29) is 5.91 Å². The third-order valence-corrected chi connectivity index (χ3v) is 2.80. The fourth-order valence-electron chi connectivity index (χ4n) is 2.03. The molecule has 86 valence electrons. The van der Waals surface area contributed by atoms with Crippen LogP contribution in [0.5, 0.6) is 0 Å². The van der Waals surface area contributed by atoms with E-state index in [9.17, 15) is 9.90 Å². The number of rotatable bonds is 3. The van der Waals surface area contributed by atoms with Crippen LogP contribution < -0.4 is 0 Å². The van der Waals surface area contributed by atoms with Crippen molar-refractivity contribution in [2.24, 2.45) is 0 Å². The highest BCUT2D eigenvalue weighted by Gasteiger charge is 2.42. The molecule has 1 N–H and O–H groups in total. The Bertz CT molecular complexity index is 374. The predicted molar refractivity (Wildman–Crippen MR) is 57.8 cm³/mol. The molecule has 0 bridgehead atoms. The second-order valence-electron chi connectivity index (χ2n) is 4.27. The van der Waals surface area contributed by atoms with Crippen LogP contribution in [0, 0.1) is 0 Å². The van der Waals surface area contributed by atoms with Crippen LogP contribution in [0.2, 0.25) is 0 Å². The molecule has 2 rings (SSSR count). The number of hydrogen-bond acceptors (Lipinski definition) is 4. The quantitative estimate of drug-likeness (QED) is 0.805. The van der Waals surface area contributed by atoms with Gasteiger partial charge >= 0.3 is 0 Å². The number of aromatic nitrogens is 2. The molecule has 2 heterocycles. The first kappa shape index (κ1) is 11.0. The van der Waals surface area contributed by atoms with Crippen molar-refractivity contribution in [3.8, 4) is 0 Å². The first-order valence-corrected chi connectivity index (χ1v) is 5.43. The summed E-state index contributed by atoms with van der Waals surface area (Å²) in [6.45, 7) is 2.86. The van der Waals surface area contributed by atoms with Crippen molar-refractivity contribution in [2.75, 3.05) is 13.1 Å². The van der Waals surface area contributed by atoms with E-state index in [1.165, 1.54) is 12.4 Å². The van der Waals surface area contributed by atoms with Gasteiger partial charge in [-0.05, 0) is 12.5 Å². The van der Waals surface area contributed by atoms with E-state index in [1.807, 2.05) is 6.92 Å². The number of carbonyl (C=O) groups excluding carboxylic acids is 1. The zero-order valence-electron chi connectivity index (χ0n) is 9.26. The van der Waals surface area contributed by atoms with E-state index in [2.05, 4.69) is 10.2 Å². The van der Waals surface area contributed by atoms with Crippen molar-refractivity contribution in [3.63, 3.8) is 0 Å². The largest absolute Gasteiger partial charge is 0.386 e. The normalized spacial score (nSPS) is 18.0. The molecule has 1 saturated heterocycles. The van der Waals surface area contributed by atoms with Gasteiger partial charge in [0.1, 0.15) is 0 Å². The van der Waals surface area contributed by atoms with Crippen LogP contribution >= 0.6 is 0 Å². The van der Waals surface area contributed by atoms with Gasteiger partial charge in [0.15, 0.2) is 0 Å². The maximum atomic E-state index is 11.9. The van der Waals surface area contributed by atoms with Gasteiger partial charge in [0.05, 0.1) is 36.6 Å². The Morgan fingerprint density at radius 3 is 2.88 bits per heavy atom. The fourth-order valence-corrected chi connectivity index (χ4v) is 2.03. The lowest BCUT2D eigenvalue weighted by Gasteiger charge is -2.46. The van der Waals surface area contributed by atoms with E-state index < -0.39 is 5.60 Å². The molecule has 0 unspecified atom stereocenters. The molecule has 0 saturated carbocycles. The summed E-state index contributed by atoms with van der Waals surface area (Å²) in [4.78, 5) is 13.5. The molecule has 0 radical (unpaired) electrons. The third kappa shape index (κ3) is 2.04. The van der Waals surface area contributed by atoms with E-state index in [4.69, 9.17) is 0 Å². The van der Waals surface area contributed by atoms with Crippen LogP contribution in [-0.4, -0.2) is 44.8 Å². The minimum absolute atomic E-state index is 0.0873. The number of amides is 1. The summed E-state index contributed by atoms with van der Waals surface area (Å²) in [5.41, 5.74) is -0.154. The fraction of sp³-hybridized carbons (Fsp3) is 0.545. The Morgan fingerprint density at radius 1 is 1.56 bits per heavy atom. The Hall–Kier alpha value is -1.49. The van der Waals surface area contributed by atoms with Crippen molar-refractivity contribution in [1.82, 2.24) is 15.1 Å². The van der Waals surface area contributed by atoms with Crippen LogP contribution in [0.1, 0.15) is 30.1 Å². The zero-order chi connectivity index (χ0) is 11.6. The first-order chi connectivity index (χ1) is 7.64. The topological polar surface area (TPSA) is 66.3 Å². The number of carbonyl (C=O) groups is 1. The molecule has 5 heteroatoms. The Kier molecular flexibility index (Phi) is 2.87. The molecule has 0 atom stereocenters. The lowest BCUT2D eigenvalue weighted by molar-refractivity contribution is -0.0860. The first-order valence-electron chi connectivity index (χ1n) is 5.43. The monoisotopic (exact) mass is 221 g/mol. The lowest BCUT2D eigenvalue weighted by Crippen LogP contribution is -2.63. The second kappa shape index (κ2) is 4.17. The van der Waals surface area contributed by atoms with Gasteiger partial charge in [-0.1, -0.05) is 13.3 Å². The molecule has 0 aliphatic carbocycles. The lowest BCUT2D eigenvalue weighted by atomic mass is 9.89. The van der Waals surface area contributed by atoms with Gasteiger partial charge in [0.25, 0.3) is 5.91 Å². The predicted octanol–water partition coefficient (Wildman–Crippen LogP) is 0.464. The average Bonchev–Trinajstić information content (AvgIpc) is 2.26. The van der Waals surface area contributed by atoms with Gasteiger partial charge in [0.2, 0.25) is 0 Å². The molecule has 0 spiro atoms. The van der Waals surface area contributed by atoms with E-state index in [0.717, 1.165) is 12.8 Å². The molecular formula is C11H15N3O2. The summed E-state index contributed by atoms with van der Waals surface area (Å²) in [5, 5.41) is 17.2. The Balaban J connectivity index is 1.96. The van der Waals surface area contributed by atoms with Gasteiger partial charge in [0, 0.05) is 0 Å². The maximum absolute atomic E-state index is 11.9. The Morgan fingerprint density at radius 2 is 2.31 bits per heavy atom. The minimum atomic E-state index is -0.676. The Labute approximate surface area is 94.1 Å². The smallest absolute Gasteiger partial charge is 0.255 e. The zero-order valence-corrected chi connectivity index (χ0v) is 9.26. The highest BCUT2D eigenvalue weighted by molar-refractivity contribution is 5.94. The summed E-state index contributed by atoms with van der Waals surface area (Å²) in [6.07, 6.45) is 4.60. The summed E-state index contributed by atoms with van der Waals surface area (Å²) >= 11 is 0. The summed E-state index contributed by atoms with van der Waals surface area (Å²) < 4.78 is 0. The molecule has 1 amide bonds. The summed E-state index contributed by atoms with van der Waals surface area (Å²) in [6, 6.07) is 1.63. The van der Waals surface area contributed by atoms with Crippen molar-refractivity contribution in [3.05, 3.63) is 24.0 Å². The van der Waals surface area contributed by atoms with Crippen molar-refractivity contribution in [2.45, 2.75) is 25.4 Å². The van der Waals surface area contributed by atoms with Crippen LogP contribution in [0.15, 0.2) is 18.5 Å². The molecule has 16 heavy (non-hydrogen) atoms. The van der Waals surface area contributed by atoms with Gasteiger partial charge in [-0.2, -0.15) is 10.2 Å². The van der Waals surface area contributed by atoms with Crippen molar-refractivity contribution in [1.29, 1.82) is 0 Å². The SMILES string of the molecule is CCCC1(O)CN(C(=O)c2ccnnc2)C1. The number of nitrogens with zero attached hydrogens (tertiary/aromatic N) is 3. The standard InChI is InChI=1S/C11H15N3O2/c1-2-4-11(16)7-14(8-11)10(15)9-3-5-12-13-6-9/h3,5-6,16H,2,4,7-8H2,1H3. The maximum Gasteiger partial charge on any atom is 0.255 e. The van der Waals surface area contributed by atoms with Crippen LogP contribution in [-0.2, 0) is 0 Å². The summed E-state index contributed by atoms with van der Waals surface area (Å²) in [7, 11) is 0. The van der Waals surface area contributed by atoms with Crippen LogP contribution in [0.4, 0.5) is 0 Å². The van der Waals surface area contributed by atoms with Gasteiger partial charge in [-0.25, -0.2) is 0 Å². The van der Waals surface area contributed by atoms with Crippen LogP contribution in [0.3, 0.4) is 0 Å². The van der Waals surface area contributed by atoms with E-state index in [1.54, 1.807) is 11.0 Å². The number of hydrogen-bond donors (Lipinski definition) is 1. The molecule has 0 aromatic carbocycles. The van der Waals surface area contributed by atoms with Crippen molar-refractivity contribution < 1.29 is 9.90 Å². The minimum Gasteiger partial charge on any atom is -0.386 e. The second-order valence-corrected chi connectivity index (χ2v) is 4.27. The molecule has 1 fully saturated rings. The third-order valence-electron chi connectivity index (χ3n) is 2.80. The van der Waals surface area contributed by atoms with Crippen LogP contribution in [0.25, 0.3) is 0 Å². The number of aliphatic hydroxyl groups is 1. The molecule has 1 aliphatic rings. The molecule has 1 aromatic rings. The van der Waals surface area contributed by atoms with Gasteiger partial charge in [-0.3, -0.25) is 4.79 Å². The van der Waals surface area contributed by atoms with Crippen molar-refractivity contribution >= 4 is 5.91 Å². The number of likely N-dealkylation sites (tertiary alicyclic amines) is 1. The number of β-amino-alcohol motifs (C(OH)–C–C–N with tert-alkyl or cyclic N) is 1. The molecule has 1 aliphatic heterocycles. The molecule has 1 aromatic heterocycles. The highest BCUT2D eigenvalue weighted by atomic mass is 16.3. The van der Waals surface area contributed by atoms with E-state index >= 15 is 0 Å². The highest BCUT2D eigenvalue weighted by Crippen LogP contribution is 2.26. The molecule has 5 nitrogen and oxygen atoms in total. The average molecular weight is 221 g/mol.